The first kappa shape index (κ1) is 16.3. The molecule has 0 unspecified atom stereocenters. The van der Waals surface area contributed by atoms with Crippen molar-refractivity contribution in [3.8, 4) is 0 Å². The topological polar surface area (TPSA) is 62.6 Å². The molecular weight excluding hydrogens is 309 g/mol. The number of rotatable bonds is 6. The van der Waals surface area contributed by atoms with Crippen molar-refractivity contribution in [2.24, 2.45) is 0 Å². The van der Waals surface area contributed by atoms with Gasteiger partial charge in [0.05, 0.1) is 6.54 Å². The fraction of sp³-hybridized carbons (Fsp3) is 0.667. The van der Waals surface area contributed by atoms with Gasteiger partial charge in [0, 0.05) is 19.2 Å². The van der Waals surface area contributed by atoms with Crippen molar-refractivity contribution < 1.29 is 26.0 Å². The SMILES string of the molecule is Cc1oc(CNC2CC2)cc1S(=O)(=O)N(C)CC(F)(F)F. The first-order chi connectivity index (χ1) is 9.59. The monoisotopic (exact) mass is 326 g/mol. The smallest absolute Gasteiger partial charge is 0.402 e. The van der Waals surface area contributed by atoms with Crippen molar-refractivity contribution in [1.82, 2.24) is 9.62 Å². The van der Waals surface area contributed by atoms with Crippen molar-refractivity contribution in [1.29, 1.82) is 0 Å². The predicted octanol–water partition coefficient (Wildman–Crippen LogP) is 2.02. The Morgan fingerprint density at radius 2 is 2.05 bits per heavy atom. The zero-order chi connectivity index (χ0) is 15.8. The van der Waals surface area contributed by atoms with Crippen molar-refractivity contribution in [3.63, 3.8) is 0 Å². The normalized spacial score (nSPS) is 16.7. The zero-order valence-electron chi connectivity index (χ0n) is 11.7. The van der Waals surface area contributed by atoms with Gasteiger partial charge in [-0.15, -0.1) is 0 Å². The van der Waals surface area contributed by atoms with Gasteiger partial charge in [0.25, 0.3) is 0 Å². The lowest BCUT2D eigenvalue weighted by Crippen LogP contribution is -2.35. The van der Waals surface area contributed by atoms with Gasteiger partial charge in [0.15, 0.2) is 0 Å². The summed E-state index contributed by atoms with van der Waals surface area (Å²) in [5, 5.41) is 3.15. The molecule has 2 rings (SSSR count). The number of furan rings is 1. The second-order valence-electron chi connectivity index (χ2n) is 5.16. The molecule has 21 heavy (non-hydrogen) atoms. The average molecular weight is 326 g/mol. The molecule has 9 heteroatoms. The summed E-state index contributed by atoms with van der Waals surface area (Å²) in [4.78, 5) is -0.221. The van der Waals surface area contributed by atoms with Crippen LogP contribution in [0.2, 0.25) is 0 Å². The summed E-state index contributed by atoms with van der Waals surface area (Å²) in [6, 6.07) is 1.70. The number of halogens is 3. The van der Waals surface area contributed by atoms with Crippen molar-refractivity contribution >= 4 is 10.0 Å². The third-order valence-corrected chi connectivity index (χ3v) is 5.07. The summed E-state index contributed by atoms with van der Waals surface area (Å²) in [5.74, 6) is 0.495. The maximum atomic E-state index is 12.3. The Labute approximate surface area is 121 Å². The number of aryl methyl sites for hydroxylation is 1. The molecule has 0 bridgehead atoms. The van der Waals surface area contributed by atoms with Crippen LogP contribution in [-0.2, 0) is 16.6 Å². The summed E-state index contributed by atoms with van der Waals surface area (Å²) in [6.45, 7) is 0.258. The molecule has 1 heterocycles. The van der Waals surface area contributed by atoms with Crippen molar-refractivity contribution in [2.75, 3.05) is 13.6 Å². The van der Waals surface area contributed by atoms with E-state index in [0.29, 0.717) is 18.3 Å². The second kappa shape index (κ2) is 5.62. The lowest BCUT2D eigenvalue weighted by molar-refractivity contribution is -0.134. The molecule has 1 aromatic rings. The van der Waals surface area contributed by atoms with Gasteiger partial charge in [-0.1, -0.05) is 0 Å². The van der Waals surface area contributed by atoms with Crippen molar-refractivity contribution in [2.45, 2.75) is 43.4 Å². The molecule has 0 radical (unpaired) electrons. The third kappa shape index (κ3) is 4.21. The minimum absolute atomic E-state index is 0.0941. The van der Waals surface area contributed by atoms with E-state index in [2.05, 4.69) is 5.32 Å². The Bertz CT molecular complexity index is 606. The zero-order valence-corrected chi connectivity index (χ0v) is 12.5. The number of alkyl halides is 3. The first-order valence-electron chi connectivity index (χ1n) is 6.45. The second-order valence-corrected chi connectivity index (χ2v) is 7.18. The van der Waals surface area contributed by atoms with E-state index in [4.69, 9.17) is 4.42 Å². The molecule has 0 spiro atoms. The van der Waals surface area contributed by atoms with E-state index in [1.54, 1.807) is 0 Å². The number of nitrogens with zero attached hydrogens (tertiary/aromatic N) is 1. The molecule has 1 aliphatic carbocycles. The molecule has 0 amide bonds. The Kier molecular flexibility index (Phi) is 4.36. The molecule has 0 aliphatic heterocycles. The van der Waals surface area contributed by atoms with E-state index < -0.39 is 22.7 Å². The highest BCUT2D eigenvalue weighted by molar-refractivity contribution is 7.89. The van der Waals surface area contributed by atoms with Gasteiger partial charge in [-0.05, 0) is 19.8 Å². The fourth-order valence-electron chi connectivity index (χ4n) is 1.91. The van der Waals surface area contributed by atoms with E-state index >= 15 is 0 Å². The van der Waals surface area contributed by atoms with Gasteiger partial charge in [0.2, 0.25) is 10.0 Å². The summed E-state index contributed by atoms with van der Waals surface area (Å²) >= 11 is 0. The van der Waals surface area contributed by atoms with Crippen LogP contribution in [0, 0.1) is 6.92 Å². The van der Waals surface area contributed by atoms with Gasteiger partial charge in [-0.2, -0.15) is 17.5 Å². The summed E-state index contributed by atoms with van der Waals surface area (Å²) < 4.78 is 66.9. The highest BCUT2D eigenvalue weighted by Gasteiger charge is 2.36. The highest BCUT2D eigenvalue weighted by Crippen LogP contribution is 2.26. The summed E-state index contributed by atoms with van der Waals surface area (Å²) in [6.07, 6.45) is -2.45. The van der Waals surface area contributed by atoms with E-state index in [0.717, 1.165) is 19.9 Å². The average Bonchev–Trinajstić information content (AvgIpc) is 3.07. The van der Waals surface area contributed by atoms with Crippen LogP contribution >= 0.6 is 0 Å². The number of hydrogen-bond donors (Lipinski definition) is 1. The van der Waals surface area contributed by atoms with Crippen LogP contribution < -0.4 is 5.32 Å². The summed E-state index contributed by atoms with van der Waals surface area (Å²) in [7, 11) is -3.31. The quantitative estimate of drug-likeness (QED) is 0.869. The van der Waals surface area contributed by atoms with Crippen LogP contribution in [0.3, 0.4) is 0 Å². The van der Waals surface area contributed by atoms with Crippen LogP contribution in [0.15, 0.2) is 15.4 Å². The highest BCUT2D eigenvalue weighted by atomic mass is 32.2. The molecule has 1 fully saturated rings. The molecular formula is C12H17F3N2O3S. The van der Waals surface area contributed by atoms with Crippen LogP contribution in [0.25, 0.3) is 0 Å². The molecule has 0 atom stereocenters. The van der Waals surface area contributed by atoms with Crippen molar-refractivity contribution in [3.05, 3.63) is 17.6 Å². The van der Waals surface area contributed by atoms with E-state index in [-0.39, 0.29) is 15.0 Å². The lowest BCUT2D eigenvalue weighted by atomic mass is 10.4. The minimum Gasteiger partial charge on any atom is -0.464 e. The molecule has 0 saturated heterocycles. The van der Waals surface area contributed by atoms with Crippen LogP contribution in [0.1, 0.15) is 24.4 Å². The molecule has 1 saturated carbocycles. The van der Waals surface area contributed by atoms with Gasteiger partial charge >= 0.3 is 6.18 Å². The number of hydrogen-bond acceptors (Lipinski definition) is 4. The molecule has 1 aliphatic rings. The molecule has 1 aromatic heterocycles. The Morgan fingerprint density at radius 1 is 1.43 bits per heavy atom. The maximum absolute atomic E-state index is 12.3. The molecule has 1 N–H and O–H groups in total. The van der Waals surface area contributed by atoms with Gasteiger partial charge in [-0.25, -0.2) is 8.42 Å². The van der Waals surface area contributed by atoms with Gasteiger partial charge < -0.3 is 9.73 Å². The first-order valence-corrected chi connectivity index (χ1v) is 7.89. The van der Waals surface area contributed by atoms with Crippen LogP contribution in [0.4, 0.5) is 13.2 Å². The third-order valence-electron chi connectivity index (χ3n) is 3.16. The molecule has 120 valence electrons. The minimum atomic E-state index is -4.59. The van der Waals surface area contributed by atoms with E-state index in [1.165, 1.54) is 13.0 Å². The molecule has 0 aromatic carbocycles. The Balaban J connectivity index is 2.14. The van der Waals surface area contributed by atoms with Crippen LogP contribution in [0.5, 0.6) is 0 Å². The number of sulfonamides is 1. The van der Waals surface area contributed by atoms with Gasteiger partial charge in [0.1, 0.15) is 23.0 Å². The standard InChI is InChI=1S/C12H17F3N2O3S/c1-8-11(5-10(20-8)6-16-9-3-4-9)21(18,19)17(2)7-12(13,14)15/h5,9,16H,3-4,6-7H2,1-2H3. The molecule has 5 nitrogen and oxygen atoms in total. The summed E-state index contributed by atoms with van der Waals surface area (Å²) in [5.41, 5.74) is 0. The number of nitrogens with one attached hydrogen (secondary N) is 1. The Hall–Kier alpha value is -1.06. The lowest BCUT2D eigenvalue weighted by Gasteiger charge is -2.18. The fourth-order valence-corrected chi connectivity index (χ4v) is 3.24. The van der Waals surface area contributed by atoms with Gasteiger partial charge in [-0.3, -0.25) is 0 Å². The van der Waals surface area contributed by atoms with Crippen LogP contribution in [-0.4, -0.2) is 38.5 Å². The maximum Gasteiger partial charge on any atom is 0.402 e. The predicted molar refractivity (Wildman–Crippen MR) is 69.2 cm³/mol. The van der Waals surface area contributed by atoms with E-state index in [9.17, 15) is 21.6 Å². The largest absolute Gasteiger partial charge is 0.464 e. The van der Waals surface area contributed by atoms with E-state index in [1.807, 2.05) is 0 Å². The Morgan fingerprint density at radius 3 is 2.57 bits per heavy atom.